The first-order valence-electron chi connectivity index (χ1n) is 8.05. The third kappa shape index (κ3) is 4.28. The lowest BCUT2D eigenvalue weighted by Gasteiger charge is -2.20. The van der Waals surface area contributed by atoms with E-state index in [2.05, 4.69) is 5.32 Å². The van der Waals surface area contributed by atoms with Crippen molar-refractivity contribution in [3.05, 3.63) is 82.8 Å². The standard InChI is InChI=1S/C20H19ClFNO2/c1-13(20(24)14-5-3-2-4-6-14)23-12-16-8-10-19(25-16)15-7-9-18(22)17(21)11-15/h2-11,13,20,23-24H,12H2,1H3/t13-,20-/m1/s1. The Kier molecular flexibility index (Phi) is 5.53. The number of rotatable bonds is 6. The molecule has 0 radical (unpaired) electrons. The van der Waals surface area contributed by atoms with E-state index < -0.39 is 11.9 Å². The molecule has 25 heavy (non-hydrogen) atoms. The summed E-state index contributed by atoms with van der Waals surface area (Å²) in [5.41, 5.74) is 1.58. The van der Waals surface area contributed by atoms with E-state index in [-0.39, 0.29) is 11.1 Å². The van der Waals surface area contributed by atoms with E-state index in [1.807, 2.05) is 49.4 Å². The first kappa shape index (κ1) is 17.7. The van der Waals surface area contributed by atoms with Crippen LogP contribution in [0.5, 0.6) is 0 Å². The van der Waals surface area contributed by atoms with Crippen LogP contribution in [0.15, 0.2) is 65.1 Å². The molecule has 0 fully saturated rings. The highest BCUT2D eigenvalue weighted by molar-refractivity contribution is 6.31. The predicted molar refractivity (Wildman–Crippen MR) is 96.8 cm³/mol. The van der Waals surface area contributed by atoms with Crippen molar-refractivity contribution in [1.82, 2.24) is 5.32 Å². The second kappa shape index (κ2) is 7.83. The zero-order valence-electron chi connectivity index (χ0n) is 13.7. The summed E-state index contributed by atoms with van der Waals surface area (Å²) in [6.07, 6.45) is -0.605. The van der Waals surface area contributed by atoms with Gasteiger partial charge in [0.25, 0.3) is 0 Å². The maximum Gasteiger partial charge on any atom is 0.141 e. The Morgan fingerprint density at radius 2 is 1.88 bits per heavy atom. The summed E-state index contributed by atoms with van der Waals surface area (Å²) in [7, 11) is 0. The van der Waals surface area contributed by atoms with Crippen LogP contribution in [0.3, 0.4) is 0 Å². The number of benzene rings is 2. The van der Waals surface area contributed by atoms with E-state index >= 15 is 0 Å². The molecular formula is C20H19ClFNO2. The molecule has 0 saturated heterocycles. The lowest BCUT2D eigenvalue weighted by molar-refractivity contribution is 0.134. The van der Waals surface area contributed by atoms with Crippen LogP contribution in [0.25, 0.3) is 11.3 Å². The Morgan fingerprint density at radius 1 is 1.12 bits per heavy atom. The number of hydrogen-bond acceptors (Lipinski definition) is 3. The van der Waals surface area contributed by atoms with Crippen LogP contribution < -0.4 is 5.32 Å². The first-order chi connectivity index (χ1) is 12.0. The lowest BCUT2D eigenvalue weighted by Crippen LogP contribution is -2.31. The second-order valence-corrected chi connectivity index (χ2v) is 6.33. The highest BCUT2D eigenvalue weighted by atomic mass is 35.5. The second-order valence-electron chi connectivity index (χ2n) is 5.92. The van der Waals surface area contributed by atoms with Crippen LogP contribution in [-0.2, 0) is 6.54 Å². The van der Waals surface area contributed by atoms with Gasteiger partial charge in [0.05, 0.1) is 17.7 Å². The third-order valence-corrected chi connectivity index (χ3v) is 4.37. The molecule has 0 saturated carbocycles. The van der Waals surface area contributed by atoms with Gasteiger partial charge in [-0.2, -0.15) is 0 Å². The molecule has 0 bridgehead atoms. The highest BCUT2D eigenvalue weighted by Gasteiger charge is 2.16. The zero-order chi connectivity index (χ0) is 17.8. The maximum absolute atomic E-state index is 13.2. The number of aliphatic hydroxyl groups is 1. The van der Waals surface area contributed by atoms with Crippen LogP contribution in [0.4, 0.5) is 4.39 Å². The summed E-state index contributed by atoms with van der Waals surface area (Å²) < 4.78 is 19.0. The molecule has 5 heteroatoms. The Labute approximate surface area is 151 Å². The van der Waals surface area contributed by atoms with Gasteiger partial charge in [-0.25, -0.2) is 4.39 Å². The zero-order valence-corrected chi connectivity index (χ0v) is 14.5. The fraction of sp³-hybridized carbons (Fsp3) is 0.200. The normalized spacial score (nSPS) is 13.6. The topological polar surface area (TPSA) is 45.4 Å². The van der Waals surface area contributed by atoms with Crippen molar-refractivity contribution < 1.29 is 13.9 Å². The third-order valence-electron chi connectivity index (χ3n) is 4.08. The van der Waals surface area contributed by atoms with Gasteiger partial charge in [0, 0.05) is 11.6 Å². The smallest absolute Gasteiger partial charge is 0.141 e. The molecule has 1 aromatic heterocycles. The van der Waals surface area contributed by atoms with Gasteiger partial charge in [0.15, 0.2) is 0 Å². The molecule has 3 nitrogen and oxygen atoms in total. The quantitative estimate of drug-likeness (QED) is 0.654. The average Bonchev–Trinajstić information content (AvgIpc) is 3.11. The summed E-state index contributed by atoms with van der Waals surface area (Å²) in [4.78, 5) is 0. The predicted octanol–water partition coefficient (Wildman–Crippen LogP) is 4.95. The molecule has 0 amide bonds. The Morgan fingerprint density at radius 3 is 2.60 bits per heavy atom. The molecule has 0 unspecified atom stereocenters. The monoisotopic (exact) mass is 359 g/mol. The molecule has 2 N–H and O–H groups in total. The summed E-state index contributed by atoms with van der Waals surface area (Å²) in [6.45, 7) is 2.39. The van der Waals surface area contributed by atoms with Gasteiger partial charge < -0.3 is 14.8 Å². The van der Waals surface area contributed by atoms with E-state index in [0.29, 0.717) is 12.3 Å². The molecule has 0 spiro atoms. The van der Waals surface area contributed by atoms with Crippen molar-refractivity contribution >= 4 is 11.6 Å². The summed E-state index contributed by atoms with van der Waals surface area (Å²) in [5.74, 6) is 0.889. The molecule has 130 valence electrons. The summed E-state index contributed by atoms with van der Waals surface area (Å²) >= 11 is 5.81. The Bertz CT molecular complexity index is 835. The van der Waals surface area contributed by atoms with Crippen LogP contribution in [0.2, 0.25) is 5.02 Å². The van der Waals surface area contributed by atoms with Gasteiger partial charge in [0.2, 0.25) is 0 Å². The number of furan rings is 1. The molecular weight excluding hydrogens is 341 g/mol. The van der Waals surface area contributed by atoms with Crippen molar-refractivity contribution in [3.8, 4) is 11.3 Å². The van der Waals surface area contributed by atoms with Crippen molar-refractivity contribution in [2.75, 3.05) is 0 Å². The molecule has 2 atom stereocenters. The molecule has 3 rings (SSSR count). The first-order valence-corrected chi connectivity index (χ1v) is 8.43. The van der Waals surface area contributed by atoms with E-state index in [0.717, 1.165) is 16.9 Å². The SMILES string of the molecule is C[C@@H](NCc1ccc(-c2ccc(F)c(Cl)c2)o1)[C@@H](O)c1ccccc1. The number of hydrogen-bond donors (Lipinski definition) is 2. The molecule has 2 aromatic carbocycles. The van der Waals surface area contributed by atoms with E-state index in [1.165, 1.54) is 12.1 Å². The van der Waals surface area contributed by atoms with Gasteiger partial charge >= 0.3 is 0 Å². The van der Waals surface area contributed by atoms with Gasteiger partial charge in [0.1, 0.15) is 17.3 Å². The minimum atomic E-state index is -0.605. The Hall–Kier alpha value is -2.14. The van der Waals surface area contributed by atoms with E-state index in [1.54, 1.807) is 6.07 Å². The number of aliphatic hydroxyl groups excluding tert-OH is 1. The molecule has 0 aliphatic rings. The van der Waals surface area contributed by atoms with Gasteiger partial charge in [-0.15, -0.1) is 0 Å². The molecule has 0 aliphatic heterocycles. The lowest BCUT2D eigenvalue weighted by atomic mass is 10.0. The highest BCUT2D eigenvalue weighted by Crippen LogP contribution is 2.26. The molecule has 3 aromatic rings. The van der Waals surface area contributed by atoms with Crippen LogP contribution >= 0.6 is 11.6 Å². The van der Waals surface area contributed by atoms with Crippen molar-refractivity contribution in [1.29, 1.82) is 0 Å². The number of nitrogens with one attached hydrogen (secondary N) is 1. The van der Waals surface area contributed by atoms with Crippen molar-refractivity contribution in [2.45, 2.75) is 25.6 Å². The van der Waals surface area contributed by atoms with Crippen molar-refractivity contribution in [3.63, 3.8) is 0 Å². The minimum Gasteiger partial charge on any atom is -0.460 e. The minimum absolute atomic E-state index is 0.0631. The fourth-order valence-corrected chi connectivity index (χ4v) is 2.77. The van der Waals surface area contributed by atoms with Crippen LogP contribution in [0, 0.1) is 5.82 Å². The van der Waals surface area contributed by atoms with E-state index in [9.17, 15) is 9.50 Å². The van der Waals surface area contributed by atoms with Crippen LogP contribution in [0.1, 0.15) is 24.4 Å². The maximum atomic E-state index is 13.2. The summed E-state index contributed by atoms with van der Waals surface area (Å²) in [5, 5.41) is 13.7. The fourth-order valence-electron chi connectivity index (χ4n) is 2.59. The van der Waals surface area contributed by atoms with Gasteiger partial charge in [-0.3, -0.25) is 0 Å². The molecule has 0 aliphatic carbocycles. The van der Waals surface area contributed by atoms with Crippen LogP contribution in [-0.4, -0.2) is 11.1 Å². The largest absolute Gasteiger partial charge is 0.460 e. The Balaban J connectivity index is 1.62. The van der Waals surface area contributed by atoms with Gasteiger partial charge in [-0.1, -0.05) is 41.9 Å². The van der Waals surface area contributed by atoms with Crippen molar-refractivity contribution in [2.24, 2.45) is 0 Å². The van der Waals surface area contributed by atoms with Gasteiger partial charge in [-0.05, 0) is 42.8 Å². The molecule has 1 heterocycles. The summed E-state index contributed by atoms with van der Waals surface area (Å²) in [6, 6.07) is 17.5. The van der Waals surface area contributed by atoms with E-state index in [4.69, 9.17) is 16.0 Å². The number of halogens is 2. The average molecular weight is 360 g/mol.